The second-order valence-electron chi connectivity index (χ2n) is 9.36. The molecule has 0 spiro atoms. The van der Waals surface area contributed by atoms with E-state index in [1.54, 1.807) is 20.8 Å². The molecule has 0 aromatic heterocycles. The number of ether oxygens (including phenoxy) is 3. The van der Waals surface area contributed by atoms with Crippen LogP contribution in [0, 0.1) is 0 Å². The summed E-state index contributed by atoms with van der Waals surface area (Å²) in [6.07, 6.45) is -0.679. The van der Waals surface area contributed by atoms with E-state index in [0.717, 1.165) is 11.6 Å². The molecule has 0 aliphatic rings. The number of esters is 2. The summed E-state index contributed by atoms with van der Waals surface area (Å²) >= 11 is 0. The van der Waals surface area contributed by atoms with E-state index in [1.807, 2.05) is 30.3 Å². The number of carbonyl (C=O) groups excluding carboxylic acids is 3. The maximum atomic E-state index is 12.5. The lowest BCUT2D eigenvalue weighted by atomic mass is 10.1. The molecule has 0 aliphatic carbocycles. The number of hydrogen-bond donors (Lipinski definition) is 1. The molecule has 0 saturated carbocycles. The van der Waals surface area contributed by atoms with Crippen molar-refractivity contribution < 1.29 is 28.6 Å². The van der Waals surface area contributed by atoms with Crippen molar-refractivity contribution in [3.8, 4) is 0 Å². The molecule has 8 heteroatoms. The molecule has 0 unspecified atom stereocenters. The highest BCUT2D eigenvalue weighted by Gasteiger charge is 2.26. The summed E-state index contributed by atoms with van der Waals surface area (Å²) in [6, 6.07) is 9.09. The third-order valence-electron chi connectivity index (χ3n) is 3.95. The monoisotopic (exact) mass is 437 g/mol. The van der Waals surface area contributed by atoms with Gasteiger partial charge >= 0.3 is 18.0 Å². The van der Waals surface area contributed by atoms with Crippen LogP contribution in [-0.4, -0.2) is 44.4 Å². The first-order valence-corrected chi connectivity index (χ1v) is 13.9. The second-order valence-corrected chi connectivity index (χ2v) is 15.0. The molecule has 0 radical (unpaired) electrons. The van der Waals surface area contributed by atoms with E-state index < -0.39 is 37.7 Å². The smallest absolute Gasteiger partial charge is 0.408 e. The Morgan fingerprint density at radius 2 is 1.67 bits per heavy atom. The average Bonchev–Trinajstić information content (AvgIpc) is 2.61. The summed E-state index contributed by atoms with van der Waals surface area (Å²) in [5.41, 5.74) is 0.117. The predicted octanol–water partition coefficient (Wildman–Crippen LogP) is 4.28. The number of hydrogen-bond acceptors (Lipinski definition) is 6. The topological polar surface area (TPSA) is 90.9 Å². The van der Waals surface area contributed by atoms with Gasteiger partial charge in [-0.2, -0.15) is 0 Å². The number of amides is 1. The molecular formula is C22H35NO6Si. The van der Waals surface area contributed by atoms with Gasteiger partial charge in [-0.15, -0.1) is 0 Å². The standard InChI is InChI=1S/C22H35NO6Si/c1-22(2,3)29-21(26)23-18(12-13-19(24)27-14-15-30(4,5)6)20(25)28-16-17-10-8-7-9-11-17/h7-11,18H,12-16H2,1-6H3,(H,23,26)/t18-/m0/s1. The minimum Gasteiger partial charge on any atom is -0.466 e. The van der Waals surface area contributed by atoms with Gasteiger partial charge in [0, 0.05) is 14.5 Å². The first-order valence-electron chi connectivity index (χ1n) is 10.2. The van der Waals surface area contributed by atoms with Crippen LogP contribution < -0.4 is 5.32 Å². The zero-order valence-corrected chi connectivity index (χ0v) is 19.9. The second kappa shape index (κ2) is 11.7. The largest absolute Gasteiger partial charge is 0.466 e. The summed E-state index contributed by atoms with van der Waals surface area (Å²) in [6.45, 7) is 12.2. The Bertz CT molecular complexity index is 694. The normalized spacial score (nSPS) is 12.6. The van der Waals surface area contributed by atoms with E-state index in [9.17, 15) is 14.4 Å². The first-order chi connectivity index (χ1) is 13.9. The minimum atomic E-state index is -1.30. The molecule has 1 N–H and O–H groups in total. The van der Waals surface area contributed by atoms with Crippen LogP contribution in [0.3, 0.4) is 0 Å². The summed E-state index contributed by atoms with van der Waals surface area (Å²) in [5.74, 6) is -1.03. The summed E-state index contributed by atoms with van der Waals surface area (Å²) in [7, 11) is -1.30. The molecule has 168 valence electrons. The molecule has 0 bridgehead atoms. The van der Waals surface area contributed by atoms with Gasteiger partial charge in [0.1, 0.15) is 18.2 Å². The number of benzene rings is 1. The van der Waals surface area contributed by atoms with Crippen LogP contribution in [0.5, 0.6) is 0 Å². The van der Waals surface area contributed by atoms with Gasteiger partial charge in [-0.1, -0.05) is 50.0 Å². The van der Waals surface area contributed by atoms with Crippen molar-refractivity contribution in [3.05, 3.63) is 35.9 Å². The molecule has 30 heavy (non-hydrogen) atoms. The molecule has 1 atom stereocenters. The molecule has 1 aromatic carbocycles. The van der Waals surface area contributed by atoms with Gasteiger partial charge in [0.2, 0.25) is 0 Å². The number of nitrogens with one attached hydrogen (secondary N) is 1. The van der Waals surface area contributed by atoms with Gasteiger partial charge in [-0.3, -0.25) is 4.79 Å². The van der Waals surface area contributed by atoms with Crippen molar-refractivity contribution in [3.63, 3.8) is 0 Å². The molecule has 1 aromatic rings. The van der Waals surface area contributed by atoms with Crippen LogP contribution in [-0.2, 0) is 30.4 Å². The van der Waals surface area contributed by atoms with Crippen molar-refractivity contribution in [2.45, 2.75) is 77.5 Å². The highest BCUT2D eigenvalue weighted by atomic mass is 28.3. The van der Waals surface area contributed by atoms with Crippen LogP contribution in [0.15, 0.2) is 30.3 Å². The van der Waals surface area contributed by atoms with Crippen LogP contribution in [0.1, 0.15) is 39.2 Å². The molecule has 0 heterocycles. The van der Waals surface area contributed by atoms with Gasteiger partial charge in [-0.05, 0) is 38.8 Å². The predicted molar refractivity (Wildman–Crippen MR) is 118 cm³/mol. The van der Waals surface area contributed by atoms with Gasteiger partial charge in [0.25, 0.3) is 0 Å². The number of carbonyl (C=O) groups is 3. The molecule has 1 amide bonds. The fourth-order valence-electron chi connectivity index (χ4n) is 2.33. The van der Waals surface area contributed by atoms with E-state index in [4.69, 9.17) is 14.2 Å². The van der Waals surface area contributed by atoms with Crippen LogP contribution >= 0.6 is 0 Å². The Hall–Kier alpha value is -2.35. The van der Waals surface area contributed by atoms with Gasteiger partial charge < -0.3 is 19.5 Å². The third-order valence-corrected chi connectivity index (χ3v) is 5.66. The number of rotatable bonds is 10. The summed E-state index contributed by atoms with van der Waals surface area (Å²) < 4.78 is 15.8. The number of alkyl carbamates (subject to hydrolysis) is 1. The quantitative estimate of drug-likeness (QED) is 0.334. The Balaban J connectivity index is 2.63. The lowest BCUT2D eigenvalue weighted by Crippen LogP contribution is -2.44. The summed E-state index contributed by atoms with van der Waals surface area (Å²) in [5, 5.41) is 2.51. The Morgan fingerprint density at radius 1 is 1.03 bits per heavy atom. The summed E-state index contributed by atoms with van der Waals surface area (Å²) in [4.78, 5) is 36.7. The van der Waals surface area contributed by atoms with Crippen LogP contribution in [0.2, 0.25) is 25.7 Å². The highest BCUT2D eigenvalue weighted by Crippen LogP contribution is 2.11. The Kier molecular flexibility index (Phi) is 10.0. The van der Waals surface area contributed by atoms with Gasteiger partial charge in [0.05, 0.1) is 6.61 Å². The van der Waals surface area contributed by atoms with Crippen molar-refractivity contribution in [1.82, 2.24) is 5.32 Å². The van der Waals surface area contributed by atoms with Crippen molar-refractivity contribution in [2.24, 2.45) is 0 Å². The van der Waals surface area contributed by atoms with Crippen LogP contribution in [0.25, 0.3) is 0 Å². The molecule has 0 fully saturated rings. The minimum absolute atomic E-state index is 0.00734. The van der Waals surface area contributed by atoms with Gasteiger partial charge in [-0.25, -0.2) is 9.59 Å². The fraction of sp³-hybridized carbons (Fsp3) is 0.591. The highest BCUT2D eigenvalue weighted by molar-refractivity contribution is 6.76. The van der Waals surface area contributed by atoms with Crippen molar-refractivity contribution in [1.29, 1.82) is 0 Å². The van der Waals surface area contributed by atoms with Crippen molar-refractivity contribution in [2.75, 3.05) is 6.61 Å². The van der Waals surface area contributed by atoms with E-state index >= 15 is 0 Å². The Morgan fingerprint density at radius 3 is 2.23 bits per heavy atom. The SMILES string of the molecule is CC(C)(C)OC(=O)N[C@@H](CCC(=O)OCC[Si](C)(C)C)C(=O)OCc1ccccc1. The van der Waals surface area contributed by atoms with E-state index in [-0.39, 0.29) is 19.4 Å². The first kappa shape index (κ1) is 25.7. The molecule has 1 rings (SSSR count). The lowest BCUT2D eigenvalue weighted by molar-refractivity contribution is -0.148. The lowest BCUT2D eigenvalue weighted by Gasteiger charge is -2.23. The molecule has 7 nitrogen and oxygen atoms in total. The maximum Gasteiger partial charge on any atom is 0.408 e. The molecule has 0 aliphatic heterocycles. The van der Waals surface area contributed by atoms with E-state index in [0.29, 0.717) is 6.61 Å². The Labute approximate surface area is 180 Å². The van der Waals surface area contributed by atoms with Crippen molar-refractivity contribution >= 4 is 26.1 Å². The van der Waals surface area contributed by atoms with Crippen LogP contribution in [0.4, 0.5) is 4.79 Å². The zero-order chi connectivity index (χ0) is 22.8. The fourth-order valence-corrected chi connectivity index (χ4v) is 3.05. The molecule has 0 saturated heterocycles. The zero-order valence-electron chi connectivity index (χ0n) is 18.9. The molecular weight excluding hydrogens is 402 g/mol. The van der Waals surface area contributed by atoms with E-state index in [2.05, 4.69) is 25.0 Å². The average molecular weight is 438 g/mol. The third kappa shape index (κ3) is 12.3. The van der Waals surface area contributed by atoms with Gasteiger partial charge in [0.15, 0.2) is 0 Å². The maximum absolute atomic E-state index is 12.5. The van der Waals surface area contributed by atoms with E-state index in [1.165, 1.54) is 0 Å².